The van der Waals surface area contributed by atoms with Crippen molar-refractivity contribution < 1.29 is 4.79 Å². The first-order valence-electron chi connectivity index (χ1n) is 4.38. The van der Waals surface area contributed by atoms with Crippen LogP contribution >= 0.6 is 22.6 Å². The number of amides is 1. The number of allylic oxidation sites excluding steroid dienone is 1. The minimum absolute atomic E-state index is 0.0342. The van der Waals surface area contributed by atoms with Gasteiger partial charge < -0.3 is 5.32 Å². The van der Waals surface area contributed by atoms with Crippen LogP contribution in [0.2, 0.25) is 0 Å². The number of nitrogens with one attached hydrogen (secondary N) is 1. The lowest BCUT2D eigenvalue weighted by Crippen LogP contribution is -2.10. The lowest BCUT2D eigenvalue weighted by atomic mass is 10.2. The number of halogens is 1. The van der Waals surface area contributed by atoms with Gasteiger partial charge in [0.25, 0.3) is 0 Å². The van der Waals surface area contributed by atoms with Gasteiger partial charge in [0.15, 0.2) is 0 Å². The summed E-state index contributed by atoms with van der Waals surface area (Å²) in [5, 5.41) is 2.83. The molecule has 3 heteroatoms. The monoisotopic (exact) mass is 301 g/mol. The zero-order valence-corrected chi connectivity index (χ0v) is 9.95. The van der Waals surface area contributed by atoms with Gasteiger partial charge in [-0.25, -0.2) is 0 Å². The van der Waals surface area contributed by atoms with Crippen molar-refractivity contribution in [1.29, 1.82) is 0 Å². The second kappa shape index (κ2) is 5.80. The molecule has 1 aromatic rings. The summed E-state index contributed by atoms with van der Waals surface area (Å²) in [5.74, 6) is 0.0342. The number of rotatable bonds is 4. The first-order chi connectivity index (χ1) is 6.72. The van der Waals surface area contributed by atoms with Gasteiger partial charge in [-0.05, 0) is 47.2 Å². The van der Waals surface area contributed by atoms with E-state index < -0.39 is 0 Å². The summed E-state index contributed by atoms with van der Waals surface area (Å²) >= 11 is 2.21. The maximum atomic E-state index is 11.3. The Balaban J connectivity index is 2.51. The fourth-order valence-electron chi connectivity index (χ4n) is 1.02. The molecule has 1 aromatic carbocycles. The van der Waals surface area contributed by atoms with Crippen LogP contribution in [0, 0.1) is 3.57 Å². The molecular formula is C11H12INO. The highest BCUT2D eigenvalue weighted by Crippen LogP contribution is 2.12. The van der Waals surface area contributed by atoms with E-state index >= 15 is 0 Å². The van der Waals surface area contributed by atoms with E-state index in [1.165, 1.54) is 0 Å². The maximum Gasteiger partial charge on any atom is 0.224 e. The molecule has 0 unspecified atom stereocenters. The topological polar surface area (TPSA) is 29.1 Å². The lowest BCUT2D eigenvalue weighted by Gasteiger charge is -2.03. The van der Waals surface area contributed by atoms with Gasteiger partial charge in [0, 0.05) is 15.7 Å². The number of carbonyl (C=O) groups excluding carboxylic acids is 1. The van der Waals surface area contributed by atoms with Crippen molar-refractivity contribution in [1.82, 2.24) is 0 Å². The summed E-state index contributed by atoms with van der Waals surface area (Å²) in [6, 6.07) is 7.73. The summed E-state index contributed by atoms with van der Waals surface area (Å²) in [4.78, 5) is 11.3. The van der Waals surface area contributed by atoms with Crippen LogP contribution in [-0.4, -0.2) is 5.91 Å². The Morgan fingerprint density at radius 2 is 2.36 bits per heavy atom. The molecule has 0 saturated heterocycles. The third-order valence-electron chi connectivity index (χ3n) is 1.68. The first-order valence-corrected chi connectivity index (χ1v) is 5.46. The Labute approximate surface area is 97.5 Å². The number of hydrogen-bond acceptors (Lipinski definition) is 1. The molecule has 0 aromatic heterocycles. The zero-order valence-electron chi connectivity index (χ0n) is 7.79. The molecule has 0 bridgehead atoms. The maximum absolute atomic E-state index is 11.3. The van der Waals surface area contributed by atoms with Crippen molar-refractivity contribution in [3.63, 3.8) is 0 Å². The fraction of sp³-hybridized carbons (Fsp3) is 0.182. The van der Waals surface area contributed by atoms with E-state index in [-0.39, 0.29) is 5.91 Å². The van der Waals surface area contributed by atoms with Crippen LogP contribution in [0.25, 0.3) is 0 Å². The highest BCUT2D eigenvalue weighted by Gasteiger charge is 2.00. The van der Waals surface area contributed by atoms with Crippen LogP contribution in [0.1, 0.15) is 12.8 Å². The van der Waals surface area contributed by atoms with Crippen molar-refractivity contribution >= 4 is 34.2 Å². The normalized spacial score (nSPS) is 9.50. The molecule has 0 heterocycles. The number of hydrogen-bond donors (Lipinski definition) is 1. The molecule has 0 atom stereocenters. The van der Waals surface area contributed by atoms with E-state index in [0.717, 1.165) is 15.7 Å². The Bertz CT molecular complexity index is 336. The van der Waals surface area contributed by atoms with Gasteiger partial charge in [0.2, 0.25) is 5.91 Å². The van der Waals surface area contributed by atoms with E-state index in [9.17, 15) is 4.79 Å². The molecule has 0 radical (unpaired) electrons. The third kappa shape index (κ3) is 3.91. The molecule has 1 N–H and O–H groups in total. The molecule has 0 fully saturated rings. The zero-order chi connectivity index (χ0) is 10.4. The van der Waals surface area contributed by atoms with Gasteiger partial charge in [0.1, 0.15) is 0 Å². The molecule has 0 spiro atoms. The fourth-order valence-corrected chi connectivity index (χ4v) is 1.57. The van der Waals surface area contributed by atoms with Crippen molar-refractivity contribution in [2.75, 3.05) is 5.32 Å². The number of anilines is 1. The smallest absolute Gasteiger partial charge is 0.224 e. The minimum Gasteiger partial charge on any atom is -0.326 e. The molecule has 74 valence electrons. The Hall–Kier alpha value is -0.840. The van der Waals surface area contributed by atoms with Gasteiger partial charge in [-0.15, -0.1) is 6.58 Å². The third-order valence-corrected chi connectivity index (χ3v) is 2.35. The van der Waals surface area contributed by atoms with Gasteiger partial charge in [-0.1, -0.05) is 12.1 Å². The molecular weight excluding hydrogens is 289 g/mol. The van der Waals surface area contributed by atoms with E-state index in [4.69, 9.17) is 0 Å². The second-order valence-electron chi connectivity index (χ2n) is 2.89. The molecule has 0 aliphatic carbocycles. The Morgan fingerprint density at radius 1 is 1.57 bits per heavy atom. The standard InChI is InChI=1S/C11H12INO/c1-2-3-7-11(14)13-10-6-4-5-9(12)8-10/h2,4-6,8H,1,3,7H2,(H,13,14). The summed E-state index contributed by atoms with van der Waals surface area (Å²) < 4.78 is 1.11. The van der Waals surface area contributed by atoms with Gasteiger partial charge >= 0.3 is 0 Å². The summed E-state index contributed by atoms with van der Waals surface area (Å²) in [6.07, 6.45) is 2.96. The van der Waals surface area contributed by atoms with E-state index in [0.29, 0.717) is 6.42 Å². The van der Waals surface area contributed by atoms with Gasteiger partial charge in [-0.3, -0.25) is 4.79 Å². The molecule has 1 rings (SSSR count). The quantitative estimate of drug-likeness (QED) is 0.671. The summed E-state index contributed by atoms with van der Waals surface area (Å²) in [5.41, 5.74) is 0.853. The summed E-state index contributed by atoms with van der Waals surface area (Å²) in [7, 11) is 0. The minimum atomic E-state index is 0.0342. The summed E-state index contributed by atoms with van der Waals surface area (Å²) in [6.45, 7) is 3.57. The Kier molecular flexibility index (Phi) is 4.65. The van der Waals surface area contributed by atoms with Gasteiger partial charge in [0.05, 0.1) is 0 Å². The van der Waals surface area contributed by atoms with Crippen molar-refractivity contribution in [2.45, 2.75) is 12.8 Å². The molecule has 2 nitrogen and oxygen atoms in total. The lowest BCUT2D eigenvalue weighted by molar-refractivity contribution is -0.116. The second-order valence-corrected chi connectivity index (χ2v) is 4.13. The SMILES string of the molecule is C=CCCC(=O)Nc1cccc(I)c1. The van der Waals surface area contributed by atoms with Gasteiger partial charge in [-0.2, -0.15) is 0 Å². The van der Waals surface area contributed by atoms with Crippen molar-refractivity contribution in [3.8, 4) is 0 Å². The highest BCUT2D eigenvalue weighted by atomic mass is 127. The predicted molar refractivity (Wildman–Crippen MR) is 67.2 cm³/mol. The largest absolute Gasteiger partial charge is 0.326 e. The van der Waals surface area contributed by atoms with Crippen molar-refractivity contribution in [2.24, 2.45) is 0 Å². The highest BCUT2D eigenvalue weighted by molar-refractivity contribution is 14.1. The average Bonchev–Trinajstić information content (AvgIpc) is 2.15. The van der Waals surface area contributed by atoms with Crippen LogP contribution in [-0.2, 0) is 4.79 Å². The van der Waals surface area contributed by atoms with Crippen LogP contribution in [0.4, 0.5) is 5.69 Å². The van der Waals surface area contributed by atoms with Crippen LogP contribution in [0.3, 0.4) is 0 Å². The van der Waals surface area contributed by atoms with Crippen LogP contribution in [0.5, 0.6) is 0 Å². The predicted octanol–water partition coefficient (Wildman–Crippen LogP) is 3.20. The Morgan fingerprint density at radius 3 is 3.00 bits per heavy atom. The van der Waals surface area contributed by atoms with Crippen LogP contribution < -0.4 is 5.32 Å². The molecule has 0 aliphatic rings. The molecule has 14 heavy (non-hydrogen) atoms. The molecule has 0 saturated carbocycles. The van der Waals surface area contributed by atoms with E-state index in [1.54, 1.807) is 6.08 Å². The van der Waals surface area contributed by atoms with Crippen LogP contribution in [0.15, 0.2) is 36.9 Å². The number of benzene rings is 1. The number of carbonyl (C=O) groups is 1. The molecule has 1 amide bonds. The van der Waals surface area contributed by atoms with E-state index in [1.807, 2.05) is 24.3 Å². The van der Waals surface area contributed by atoms with E-state index in [2.05, 4.69) is 34.5 Å². The van der Waals surface area contributed by atoms with Crippen molar-refractivity contribution in [3.05, 3.63) is 40.5 Å². The average molecular weight is 301 g/mol. The molecule has 0 aliphatic heterocycles. The first kappa shape index (κ1) is 11.2.